The summed E-state index contributed by atoms with van der Waals surface area (Å²) < 4.78 is 27.0. The fourth-order valence-electron chi connectivity index (χ4n) is 2.01. The minimum atomic E-state index is -3.55. The van der Waals surface area contributed by atoms with Crippen LogP contribution in [0.25, 0.3) is 0 Å². The fraction of sp³-hybridized carbons (Fsp3) is 0.562. The van der Waals surface area contributed by atoms with Crippen LogP contribution in [-0.2, 0) is 14.8 Å². The second-order valence-corrected chi connectivity index (χ2v) is 8.49. The van der Waals surface area contributed by atoms with Crippen LogP contribution in [0.3, 0.4) is 0 Å². The first-order valence-corrected chi connectivity index (χ1v) is 8.83. The first kappa shape index (κ1) is 18.6. The van der Waals surface area contributed by atoms with Crippen LogP contribution in [0.15, 0.2) is 23.1 Å². The van der Waals surface area contributed by atoms with Crippen LogP contribution in [0, 0.1) is 19.3 Å². The van der Waals surface area contributed by atoms with Crippen LogP contribution in [-0.4, -0.2) is 27.4 Å². The largest absolute Gasteiger partial charge is 0.355 e. The molecule has 2 N–H and O–H groups in total. The van der Waals surface area contributed by atoms with Crippen LogP contribution < -0.4 is 10.0 Å². The predicted octanol–water partition coefficient (Wildman–Crippen LogP) is 2.13. The van der Waals surface area contributed by atoms with Gasteiger partial charge < -0.3 is 5.32 Å². The van der Waals surface area contributed by atoms with Gasteiger partial charge >= 0.3 is 0 Å². The van der Waals surface area contributed by atoms with Crippen molar-refractivity contribution < 1.29 is 13.2 Å². The molecule has 22 heavy (non-hydrogen) atoms. The van der Waals surface area contributed by atoms with Gasteiger partial charge in [-0.15, -0.1) is 0 Å². The van der Waals surface area contributed by atoms with Gasteiger partial charge in [0.25, 0.3) is 0 Å². The topological polar surface area (TPSA) is 75.3 Å². The molecule has 6 heteroatoms. The summed E-state index contributed by atoms with van der Waals surface area (Å²) in [6.07, 6.45) is 0.413. The summed E-state index contributed by atoms with van der Waals surface area (Å²) in [5, 5.41) is 2.72. The third-order valence-corrected chi connectivity index (χ3v) is 4.67. The van der Waals surface area contributed by atoms with Crippen molar-refractivity contribution in [3.8, 4) is 0 Å². The molecule has 0 saturated carbocycles. The van der Waals surface area contributed by atoms with E-state index in [1.165, 1.54) is 0 Å². The van der Waals surface area contributed by atoms with Crippen molar-refractivity contribution in [1.29, 1.82) is 0 Å². The van der Waals surface area contributed by atoms with E-state index in [0.29, 0.717) is 12.0 Å². The number of nitrogens with one attached hydrogen (secondary N) is 2. The minimum absolute atomic E-state index is 0.0709. The lowest BCUT2D eigenvalue weighted by Gasteiger charge is -2.17. The maximum Gasteiger partial charge on any atom is 0.240 e. The zero-order chi connectivity index (χ0) is 17.0. The molecule has 1 aromatic rings. The highest BCUT2D eigenvalue weighted by molar-refractivity contribution is 7.89. The fourth-order valence-corrected chi connectivity index (χ4v) is 3.37. The highest BCUT2D eigenvalue weighted by Gasteiger charge is 2.17. The smallest absolute Gasteiger partial charge is 0.240 e. The third-order valence-electron chi connectivity index (χ3n) is 3.06. The zero-order valence-corrected chi connectivity index (χ0v) is 14.8. The lowest BCUT2D eigenvalue weighted by molar-refractivity contribution is -0.122. The normalized spacial score (nSPS) is 12.2. The van der Waals surface area contributed by atoms with Crippen LogP contribution in [0.2, 0.25) is 0 Å². The summed E-state index contributed by atoms with van der Waals surface area (Å²) >= 11 is 0. The number of benzene rings is 1. The molecular formula is C16H26N2O3S. The molecule has 0 saturated heterocycles. The van der Waals surface area contributed by atoms with Gasteiger partial charge in [-0.1, -0.05) is 32.9 Å². The number of hydrogen-bond donors (Lipinski definition) is 2. The molecule has 0 unspecified atom stereocenters. The van der Waals surface area contributed by atoms with Gasteiger partial charge in [0.05, 0.1) is 4.90 Å². The Morgan fingerprint density at radius 2 is 1.77 bits per heavy atom. The van der Waals surface area contributed by atoms with E-state index in [-0.39, 0.29) is 29.3 Å². The van der Waals surface area contributed by atoms with Crippen LogP contribution >= 0.6 is 0 Å². The standard InChI is InChI=1S/C16H26N2O3S/c1-12-6-7-13(2)14(10-12)22(20,21)18-9-8-17-15(19)11-16(3,4)5/h6-7,10,18H,8-9,11H2,1-5H3,(H,17,19). The highest BCUT2D eigenvalue weighted by atomic mass is 32.2. The van der Waals surface area contributed by atoms with Crippen LogP contribution in [0.5, 0.6) is 0 Å². The highest BCUT2D eigenvalue weighted by Crippen LogP contribution is 2.18. The molecule has 0 radical (unpaired) electrons. The Bertz CT molecular complexity index is 631. The van der Waals surface area contributed by atoms with Crippen LogP contribution in [0.1, 0.15) is 38.3 Å². The summed E-state index contributed by atoms with van der Waals surface area (Å²) in [6, 6.07) is 5.31. The Labute approximate surface area is 133 Å². The zero-order valence-electron chi connectivity index (χ0n) is 14.0. The van der Waals surface area contributed by atoms with E-state index in [9.17, 15) is 13.2 Å². The minimum Gasteiger partial charge on any atom is -0.355 e. The predicted molar refractivity (Wildman–Crippen MR) is 88.2 cm³/mol. The van der Waals surface area contributed by atoms with Crippen molar-refractivity contribution in [2.45, 2.75) is 45.9 Å². The Morgan fingerprint density at radius 3 is 2.36 bits per heavy atom. The number of rotatable bonds is 6. The second-order valence-electron chi connectivity index (χ2n) is 6.75. The van der Waals surface area contributed by atoms with Crippen molar-refractivity contribution >= 4 is 15.9 Å². The number of carbonyl (C=O) groups is 1. The molecule has 1 amide bonds. The van der Waals surface area contributed by atoms with Gasteiger partial charge in [0.15, 0.2) is 0 Å². The SMILES string of the molecule is Cc1ccc(C)c(S(=O)(=O)NCCNC(=O)CC(C)(C)C)c1. The van der Waals surface area contributed by atoms with Crippen LogP contribution in [0.4, 0.5) is 0 Å². The van der Waals surface area contributed by atoms with Gasteiger partial charge in [-0.25, -0.2) is 13.1 Å². The summed E-state index contributed by atoms with van der Waals surface area (Å²) in [6.45, 7) is 10.0. The molecule has 5 nitrogen and oxygen atoms in total. The maximum atomic E-state index is 12.3. The van der Waals surface area contributed by atoms with Gasteiger partial charge in [-0.2, -0.15) is 0 Å². The van der Waals surface area contributed by atoms with Crippen molar-refractivity contribution in [2.75, 3.05) is 13.1 Å². The quantitative estimate of drug-likeness (QED) is 0.786. The first-order chi connectivity index (χ1) is 10.0. The van der Waals surface area contributed by atoms with E-state index in [1.54, 1.807) is 19.1 Å². The number of amides is 1. The summed E-state index contributed by atoms with van der Waals surface area (Å²) in [7, 11) is -3.55. The van der Waals surface area contributed by atoms with Gasteiger partial charge in [-0.3, -0.25) is 4.79 Å². The lowest BCUT2D eigenvalue weighted by Crippen LogP contribution is -2.36. The molecule has 124 valence electrons. The average Bonchev–Trinajstić information content (AvgIpc) is 2.35. The van der Waals surface area contributed by atoms with E-state index in [4.69, 9.17) is 0 Å². The summed E-state index contributed by atoms with van der Waals surface area (Å²) in [4.78, 5) is 11.9. The van der Waals surface area contributed by atoms with Gasteiger partial charge in [-0.05, 0) is 36.5 Å². The number of hydrogen-bond acceptors (Lipinski definition) is 3. The number of aryl methyl sites for hydroxylation is 2. The van der Waals surface area contributed by atoms with Gasteiger partial charge in [0, 0.05) is 19.5 Å². The molecule has 1 aromatic carbocycles. The van der Waals surface area contributed by atoms with Crippen molar-refractivity contribution in [2.24, 2.45) is 5.41 Å². The van der Waals surface area contributed by atoms with E-state index in [1.807, 2.05) is 33.8 Å². The molecule has 0 atom stereocenters. The molecule has 0 heterocycles. The van der Waals surface area contributed by atoms with Gasteiger partial charge in [0.1, 0.15) is 0 Å². The van der Waals surface area contributed by atoms with Crippen molar-refractivity contribution in [1.82, 2.24) is 10.0 Å². The molecule has 0 aliphatic rings. The van der Waals surface area contributed by atoms with E-state index < -0.39 is 10.0 Å². The monoisotopic (exact) mass is 326 g/mol. The molecule has 0 fully saturated rings. The first-order valence-electron chi connectivity index (χ1n) is 7.35. The molecule has 0 bridgehead atoms. The Balaban J connectivity index is 2.54. The molecule has 0 aliphatic carbocycles. The van der Waals surface area contributed by atoms with E-state index in [0.717, 1.165) is 5.56 Å². The number of carbonyl (C=O) groups excluding carboxylic acids is 1. The maximum absolute atomic E-state index is 12.3. The lowest BCUT2D eigenvalue weighted by atomic mass is 9.92. The van der Waals surface area contributed by atoms with E-state index in [2.05, 4.69) is 10.0 Å². The Kier molecular flexibility index (Phi) is 6.14. The Hall–Kier alpha value is -1.40. The van der Waals surface area contributed by atoms with Crippen molar-refractivity contribution in [3.63, 3.8) is 0 Å². The second kappa shape index (κ2) is 7.24. The third kappa shape index (κ3) is 6.15. The molecular weight excluding hydrogens is 300 g/mol. The molecule has 1 rings (SSSR count). The van der Waals surface area contributed by atoms with Crippen molar-refractivity contribution in [3.05, 3.63) is 29.3 Å². The summed E-state index contributed by atoms with van der Waals surface area (Å²) in [5.74, 6) is -0.0709. The molecule has 0 aromatic heterocycles. The van der Waals surface area contributed by atoms with Gasteiger partial charge in [0.2, 0.25) is 15.9 Å². The molecule has 0 aliphatic heterocycles. The molecule has 0 spiro atoms. The average molecular weight is 326 g/mol. The number of sulfonamides is 1. The summed E-state index contributed by atoms with van der Waals surface area (Å²) in [5.41, 5.74) is 1.52. The van der Waals surface area contributed by atoms with E-state index >= 15 is 0 Å². The Morgan fingerprint density at radius 1 is 1.14 bits per heavy atom.